The number of hydrogen-bond donors (Lipinski definition) is 4. The van der Waals surface area contributed by atoms with Gasteiger partial charge in [-0.15, -0.1) is 0 Å². The van der Waals surface area contributed by atoms with E-state index in [-0.39, 0.29) is 35.7 Å². The molecule has 3 heterocycles. The van der Waals surface area contributed by atoms with E-state index in [2.05, 4.69) is 31.0 Å². The molecular formula is C29H33F3N7O5P. The van der Waals surface area contributed by atoms with Gasteiger partial charge < -0.3 is 30.3 Å². The third-order valence-electron chi connectivity index (χ3n) is 6.47. The number of aryl methyl sites for hydroxylation is 1. The molecule has 0 saturated heterocycles. The van der Waals surface area contributed by atoms with Crippen LogP contribution in [0, 0.1) is 0 Å². The number of hydrogen-bond acceptors (Lipinski definition) is 10. The Labute approximate surface area is 257 Å². The molecule has 16 heteroatoms. The number of nitrogens with one attached hydrogen (secondary N) is 3. The third kappa shape index (κ3) is 8.59. The number of anilines is 4. The number of aliphatic hydroxyl groups is 1. The molecule has 4 rings (SSSR count). The Morgan fingerprint density at radius 1 is 1.09 bits per heavy atom. The number of aliphatic hydroxyl groups excluding tert-OH is 1. The van der Waals surface area contributed by atoms with Crippen LogP contribution >= 0.6 is 8.03 Å². The largest absolute Gasteiger partial charge is 0.495 e. The Morgan fingerprint density at radius 3 is 2.56 bits per heavy atom. The van der Waals surface area contributed by atoms with Crippen LogP contribution in [0.15, 0.2) is 55.0 Å². The first-order valence-corrected chi connectivity index (χ1v) is 15.4. The average Bonchev–Trinajstić information content (AvgIpc) is 3.49. The van der Waals surface area contributed by atoms with Crippen molar-refractivity contribution in [3.8, 4) is 17.0 Å². The van der Waals surface area contributed by atoms with E-state index >= 15 is 0 Å². The lowest BCUT2D eigenvalue weighted by Crippen LogP contribution is -2.21. The van der Waals surface area contributed by atoms with Crippen molar-refractivity contribution in [2.24, 2.45) is 0 Å². The fourth-order valence-electron chi connectivity index (χ4n) is 4.33. The van der Waals surface area contributed by atoms with Crippen molar-refractivity contribution in [2.45, 2.75) is 32.2 Å². The highest BCUT2D eigenvalue weighted by molar-refractivity contribution is 7.38. The van der Waals surface area contributed by atoms with E-state index in [9.17, 15) is 22.5 Å². The van der Waals surface area contributed by atoms with E-state index < -0.39 is 25.7 Å². The van der Waals surface area contributed by atoms with Crippen LogP contribution in [0.2, 0.25) is 0 Å². The van der Waals surface area contributed by atoms with E-state index in [1.165, 1.54) is 20.2 Å². The van der Waals surface area contributed by atoms with Crippen LogP contribution in [0.25, 0.3) is 11.3 Å². The molecule has 0 aliphatic rings. The molecule has 0 fully saturated rings. The maximum absolute atomic E-state index is 14.1. The molecule has 240 valence electrons. The molecule has 1 unspecified atom stereocenters. The summed E-state index contributed by atoms with van der Waals surface area (Å²) in [7, 11) is 0.543. The van der Waals surface area contributed by atoms with Gasteiger partial charge in [0.1, 0.15) is 11.6 Å². The first-order valence-electron chi connectivity index (χ1n) is 13.9. The second kappa shape index (κ2) is 15.0. The normalized spacial score (nSPS) is 12.1. The fourth-order valence-corrected chi connectivity index (χ4v) is 5.30. The van der Waals surface area contributed by atoms with Crippen LogP contribution in [-0.4, -0.2) is 58.1 Å². The monoisotopic (exact) mass is 647 g/mol. The number of benzene rings is 1. The minimum absolute atomic E-state index is 0.000571. The summed E-state index contributed by atoms with van der Waals surface area (Å²) in [5.41, 5.74) is 0.530. The van der Waals surface area contributed by atoms with E-state index in [1.54, 1.807) is 48.3 Å². The molecule has 0 aliphatic heterocycles. The molecule has 1 aromatic carbocycles. The zero-order valence-electron chi connectivity index (χ0n) is 24.7. The van der Waals surface area contributed by atoms with Crippen molar-refractivity contribution in [3.05, 3.63) is 71.8 Å². The van der Waals surface area contributed by atoms with Gasteiger partial charge in [0, 0.05) is 50.4 Å². The molecule has 4 N–H and O–H groups in total. The minimum atomic E-state index is -4.77. The van der Waals surface area contributed by atoms with Gasteiger partial charge in [-0.25, -0.2) is 9.97 Å². The average molecular weight is 648 g/mol. The summed E-state index contributed by atoms with van der Waals surface area (Å²) in [5, 5.41) is 21.4. The van der Waals surface area contributed by atoms with E-state index in [0.717, 1.165) is 6.07 Å². The number of pyridine rings is 2. The zero-order valence-corrected chi connectivity index (χ0v) is 25.7. The molecular weight excluding hydrogens is 614 g/mol. The second-order valence-corrected chi connectivity index (χ2v) is 11.0. The molecule has 0 spiro atoms. The van der Waals surface area contributed by atoms with Gasteiger partial charge >= 0.3 is 6.18 Å². The predicted molar refractivity (Wildman–Crippen MR) is 164 cm³/mol. The highest BCUT2D eigenvalue weighted by atomic mass is 31.1. The Balaban J connectivity index is 1.67. The van der Waals surface area contributed by atoms with Gasteiger partial charge in [-0.1, -0.05) is 6.07 Å². The number of amides is 1. The molecule has 0 aliphatic carbocycles. The number of halogens is 3. The van der Waals surface area contributed by atoms with Gasteiger partial charge in [0.05, 0.1) is 48.2 Å². The Kier molecular flexibility index (Phi) is 11.2. The highest BCUT2D eigenvalue weighted by Gasteiger charge is 2.35. The highest BCUT2D eigenvalue weighted by Crippen LogP contribution is 2.39. The van der Waals surface area contributed by atoms with Crippen LogP contribution < -0.4 is 20.7 Å². The summed E-state index contributed by atoms with van der Waals surface area (Å²) in [6, 6.07) is 9.18. The third-order valence-corrected chi connectivity index (χ3v) is 7.78. The molecule has 12 nitrogen and oxygen atoms in total. The summed E-state index contributed by atoms with van der Waals surface area (Å²) >= 11 is 0. The number of nitrogens with zero attached hydrogens (tertiary/aromatic N) is 4. The summed E-state index contributed by atoms with van der Waals surface area (Å²) in [6.07, 6.45) is -0.142. The summed E-state index contributed by atoms with van der Waals surface area (Å²) < 4.78 is 66.5. The maximum Gasteiger partial charge on any atom is 0.419 e. The Morgan fingerprint density at radius 2 is 1.87 bits per heavy atom. The molecule has 45 heavy (non-hydrogen) atoms. The number of carbonyl (C=O) groups is 1. The number of methoxy groups -OCH3 is 1. The number of rotatable bonds is 14. The topological polar surface area (TPSA) is 153 Å². The molecule has 0 saturated carbocycles. The Bertz CT molecular complexity index is 1670. The van der Waals surface area contributed by atoms with Crippen molar-refractivity contribution in [3.63, 3.8) is 0 Å². The molecule has 3 aromatic heterocycles. The summed E-state index contributed by atoms with van der Waals surface area (Å²) in [4.78, 5) is 21.2. The van der Waals surface area contributed by atoms with Crippen LogP contribution in [0.1, 0.15) is 35.0 Å². The smallest absolute Gasteiger partial charge is 0.419 e. The van der Waals surface area contributed by atoms with Crippen molar-refractivity contribution in [2.75, 3.05) is 38.0 Å². The van der Waals surface area contributed by atoms with Gasteiger partial charge in [0.2, 0.25) is 0 Å². The van der Waals surface area contributed by atoms with Crippen molar-refractivity contribution >= 4 is 36.8 Å². The standard InChI is InChI=1S/C29H33F3N7O5P/c1-4-44-45(42)17-18-6-7-22(25(12-18)43-3)37-26-13-24(20(15-34-26)29(30,31)32)36-23-9-8-21(38-27(23)28(41)33-2)19-14-35-39(16-19)10-5-11-40/h6-9,12-16,40,45H,4-5,10-11,17H2,1-3H3,(H,33,41)(H2,34,36,37). The van der Waals surface area contributed by atoms with Gasteiger partial charge in [-0.05, 0) is 43.2 Å². The van der Waals surface area contributed by atoms with E-state index in [0.29, 0.717) is 54.0 Å². The fraction of sp³-hybridized carbons (Fsp3) is 0.310. The molecule has 0 radical (unpaired) electrons. The SMILES string of the molecule is CCO[PH](=O)Cc1ccc(Nc2cc(Nc3ccc(-c4cnn(CCCO)c4)nc3C(=O)NC)c(C(F)(F)F)cn2)c(OC)c1. The van der Waals surface area contributed by atoms with Crippen LogP contribution in [0.5, 0.6) is 5.75 Å². The van der Waals surface area contributed by atoms with E-state index in [1.807, 2.05) is 0 Å². The van der Waals surface area contributed by atoms with Crippen molar-refractivity contribution in [1.82, 2.24) is 25.1 Å². The zero-order chi connectivity index (χ0) is 32.6. The van der Waals surface area contributed by atoms with Gasteiger partial charge in [-0.3, -0.25) is 14.0 Å². The number of carbonyl (C=O) groups excluding carboxylic acids is 1. The molecule has 1 amide bonds. The van der Waals surface area contributed by atoms with Crippen LogP contribution in [0.3, 0.4) is 0 Å². The quantitative estimate of drug-likeness (QED) is 0.127. The minimum Gasteiger partial charge on any atom is -0.495 e. The lowest BCUT2D eigenvalue weighted by molar-refractivity contribution is -0.137. The van der Waals surface area contributed by atoms with Gasteiger partial charge in [-0.2, -0.15) is 18.3 Å². The molecule has 0 bridgehead atoms. The number of alkyl halides is 3. The van der Waals surface area contributed by atoms with E-state index in [4.69, 9.17) is 14.4 Å². The summed E-state index contributed by atoms with van der Waals surface area (Å²) in [6.45, 7) is 2.55. The summed E-state index contributed by atoms with van der Waals surface area (Å²) in [5.74, 6) is -0.207. The predicted octanol–water partition coefficient (Wildman–Crippen LogP) is 5.61. The first kappa shape index (κ1) is 33.4. The Hall–Kier alpha value is -4.46. The number of aromatic nitrogens is 4. The van der Waals surface area contributed by atoms with Crippen LogP contribution in [0.4, 0.5) is 36.1 Å². The van der Waals surface area contributed by atoms with Crippen molar-refractivity contribution < 1.29 is 36.9 Å². The van der Waals surface area contributed by atoms with Crippen LogP contribution in [-0.2, 0) is 28.0 Å². The molecule has 4 aromatic rings. The lowest BCUT2D eigenvalue weighted by atomic mass is 10.1. The van der Waals surface area contributed by atoms with Gasteiger partial charge in [0.15, 0.2) is 13.7 Å². The molecule has 1 atom stereocenters. The lowest BCUT2D eigenvalue weighted by Gasteiger charge is -2.18. The number of ether oxygens (including phenoxy) is 1. The second-order valence-electron chi connectivity index (χ2n) is 9.62. The first-order chi connectivity index (χ1) is 21.6. The van der Waals surface area contributed by atoms with Gasteiger partial charge in [0.25, 0.3) is 5.91 Å². The van der Waals surface area contributed by atoms with Crippen molar-refractivity contribution in [1.29, 1.82) is 0 Å². The maximum atomic E-state index is 14.1.